The number of nitrogens with zero attached hydrogens (tertiary/aromatic N) is 1. The van der Waals surface area contributed by atoms with E-state index in [0.29, 0.717) is 11.5 Å². The van der Waals surface area contributed by atoms with E-state index in [0.717, 1.165) is 39.0 Å². The Hall–Kier alpha value is -1.59. The first kappa shape index (κ1) is 19.5. The third-order valence-electron chi connectivity index (χ3n) is 4.09. The van der Waals surface area contributed by atoms with Crippen LogP contribution >= 0.6 is 12.4 Å². The van der Waals surface area contributed by atoms with Gasteiger partial charge in [0, 0.05) is 18.7 Å². The average molecular weight is 340 g/mol. The van der Waals surface area contributed by atoms with Crippen molar-refractivity contribution < 1.29 is 9.59 Å². The van der Waals surface area contributed by atoms with Crippen LogP contribution in [-0.4, -0.2) is 49.4 Å². The molecular weight excluding hydrogens is 314 g/mol. The second-order valence-corrected chi connectivity index (χ2v) is 5.68. The van der Waals surface area contributed by atoms with E-state index in [4.69, 9.17) is 0 Å². The first-order valence-electron chi connectivity index (χ1n) is 8.02. The SMILES string of the molecule is CCNCC1CCN(C(=O)CNC(=O)c2ccccc2)CC1.Cl. The molecule has 0 bridgehead atoms. The standard InChI is InChI=1S/C17H25N3O2.ClH/c1-2-18-12-14-8-10-20(11-9-14)16(21)13-19-17(22)15-6-4-3-5-7-15;/h3-7,14,18H,2,8-13H2,1H3,(H,19,22);1H. The van der Waals surface area contributed by atoms with Crippen molar-refractivity contribution in [3.63, 3.8) is 0 Å². The molecule has 1 aromatic carbocycles. The smallest absolute Gasteiger partial charge is 0.251 e. The molecular formula is C17H26ClN3O2. The number of hydrogen-bond acceptors (Lipinski definition) is 3. The zero-order valence-corrected chi connectivity index (χ0v) is 14.4. The van der Waals surface area contributed by atoms with E-state index in [1.807, 2.05) is 23.1 Å². The number of halogens is 1. The number of rotatable bonds is 6. The van der Waals surface area contributed by atoms with Crippen LogP contribution in [0.4, 0.5) is 0 Å². The van der Waals surface area contributed by atoms with Crippen molar-refractivity contribution in [2.24, 2.45) is 5.92 Å². The van der Waals surface area contributed by atoms with E-state index in [1.54, 1.807) is 12.1 Å². The fourth-order valence-electron chi connectivity index (χ4n) is 2.69. The molecule has 0 aromatic heterocycles. The van der Waals surface area contributed by atoms with Gasteiger partial charge >= 0.3 is 0 Å². The number of benzene rings is 1. The summed E-state index contributed by atoms with van der Waals surface area (Å²) in [5.41, 5.74) is 0.583. The van der Waals surface area contributed by atoms with Crippen molar-refractivity contribution in [3.8, 4) is 0 Å². The van der Waals surface area contributed by atoms with Crippen LogP contribution in [0.1, 0.15) is 30.1 Å². The third kappa shape index (κ3) is 6.20. The van der Waals surface area contributed by atoms with Crippen LogP contribution in [0.3, 0.4) is 0 Å². The van der Waals surface area contributed by atoms with E-state index in [9.17, 15) is 9.59 Å². The molecule has 1 aliphatic rings. The van der Waals surface area contributed by atoms with Gasteiger partial charge in [-0.1, -0.05) is 25.1 Å². The van der Waals surface area contributed by atoms with Gasteiger partial charge in [-0.05, 0) is 44.0 Å². The molecule has 1 fully saturated rings. The fourth-order valence-corrected chi connectivity index (χ4v) is 2.69. The Kier molecular flexibility index (Phi) is 8.66. The van der Waals surface area contributed by atoms with Crippen LogP contribution in [0.15, 0.2) is 30.3 Å². The molecule has 1 heterocycles. The van der Waals surface area contributed by atoms with Crippen molar-refractivity contribution in [2.75, 3.05) is 32.7 Å². The van der Waals surface area contributed by atoms with E-state index >= 15 is 0 Å². The third-order valence-corrected chi connectivity index (χ3v) is 4.09. The predicted molar refractivity (Wildman–Crippen MR) is 93.9 cm³/mol. The Morgan fingerprint density at radius 3 is 2.43 bits per heavy atom. The Labute approximate surface area is 144 Å². The summed E-state index contributed by atoms with van der Waals surface area (Å²) in [6, 6.07) is 8.97. The first-order valence-corrected chi connectivity index (χ1v) is 8.02. The van der Waals surface area contributed by atoms with Crippen molar-refractivity contribution in [3.05, 3.63) is 35.9 Å². The Balaban J connectivity index is 0.00000264. The van der Waals surface area contributed by atoms with Crippen LogP contribution in [0.2, 0.25) is 0 Å². The maximum Gasteiger partial charge on any atom is 0.251 e. The summed E-state index contributed by atoms with van der Waals surface area (Å²) in [6.45, 7) is 5.78. The lowest BCUT2D eigenvalue weighted by molar-refractivity contribution is -0.131. The van der Waals surface area contributed by atoms with Crippen LogP contribution < -0.4 is 10.6 Å². The molecule has 0 saturated carbocycles. The van der Waals surface area contributed by atoms with Crippen LogP contribution in [0.5, 0.6) is 0 Å². The highest BCUT2D eigenvalue weighted by atomic mass is 35.5. The van der Waals surface area contributed by atoms with Crippen molar-refractivity contribution >= 4 is 24.2 Å². The molecule has 2 amide bonds. The number of carbonyl (C=O) groups excluding carboxylic acids is 2. The van der Waals surface area contributed by atoms with E-state index in [2.05, 4.69) is 17.6 Å². The van der Waals surface area contributed by atoms with Gasteiger partial charge in [0.15, 0.2) is 0 Å². The largest absolute Gasteiger partial charge is 0.343 e. The van der Waals surface area contributed by atoms with E-state index in [-0.39, 0.29) is 30.8 Å². The van der Waals surface area contributed by atoms with Gasteiger partial charge in [0.2, 0.25) is 5.91 Å². The van der Waals surface area contributed by atoms with Crippen LogP contribution in [0, 0.1) is 5.92 Å². The van der Waals surface area contributed by atoms with Crippen LogP contribution in [-0.2, 0) is 4.79 Å². The molecule has 0 unspecified atom stereocenters. The van der Waals surface area contributed by atoms with Gasteiger partial charge in [-0.25, -0.2) is 0 Å². The quantitative estimate of drug-likeness (QED) is 0.829. The van der Waals surface area contributed by atoms with Crippen molar-refractivity contribution in [1.82, 2.24) is 15.5 Å². The predicted octanol–water partition coefficient (Wildman–Crippen LogP) is 1.69. The van der Waals surface area contributed by atoms with Gasteiger partial charge in [0.25, 0.3) is 5.91 Å². The topological polar surface area (TPSA) is 61.4 Å². The molecule has 1 aromatic rings. The van der Waals surface area contributed by atoms with Gasteiger partial charge < -0.3 is 15.5 Å². The Morgan fingerprint density at radius 1 is 1.17 bits per heavy atom. The molecule has 5 nitrogen and oxygen atoms in total. The number of likely N-dealkylation sites (tertiary alicyclic amines) is 1. The maximum absolute atomic E-state index is 12.2. The monoisotopic (exact) mass is 339 g/mol. The maximum atomic E-state index is 12.2. The highest BCUT2D eigenvalue weighted by molar-refractivity contribution is 5.96. The average Bonchev–Trinajstić information content (AvgIpc) is 2.58. The van der Waals surface area contributed by atoms with Gasteiger partial charge in [0.1, 0.15) is 0 Å². The molecule has 2 rings (SSSR count). The number of amides is 2. The molecule has 0 atom stereocenters. The summed E-state index contributed by atoms with van der Waals surface area (Å²) in [6.07, 6.45) is 2.07. The lowest BCUT2D eigenvalue weighted by Crippen LogP contribution is -2.45. The Morgan fingerprint density at radius 2 is 1.83 bits per heavy atom. The van der Waals surface area contributed by atoms with E-state index in [1.165, 1.54) is 0 Å². The van der Waals surface area contributed by atoms with Crippen molar-refractivity contribution in [1.29, 1.82) is 0 Å². The highest BCUT2D eigenvalue weighted by Crippen LogP contribution is 2.16. The second-order valence-electron chi connectivity index (χ2n) is 5.68. The number of hydrogen-bond donors (Lipinski definition) is 2. The number of piperidine rings is 1. The second kappa shape index (κ2) is 10.2. The Bertz CT molecular complexity index is 488. The fraction of sp³-hybridized carbons (Fsp3) is 0.529. The highest BCUT2D eigenvalue weighted by Gasteiger charge is 2.22. The molecule has 0 spiro atoms. The molecule has 0 aliphatic carbocycles. The minimum atomic E-state index is -0.198. The number of nitrogens with one attached hydrogen (secondary N) is 2. The summed E-state index contributed by atoms with van der Waals surface area (Å²) in [4.78, 5) is 25.9. The van der Waals surface area contributed by atoms with Gasteiger partial charge in [-0.3, -0.25) is 9.59 Å². The van der Waals surface area contributed by atoms with E-state index < -0.39 is 0 Å². The molecule has 6 heteroatoms. The zero-order valence-electron chi connectivity index (χ0n) is 13.6. The van der Waals surface area contributed by atoms with Crippen LogP contribution in [0.25, 0.3) is 0 Å². The minimum absolute atomic E-state index is 0. The molecule has 23 heavy (non-hydrogen) atoms. The normalized spacial score (nSPS) is 14.9. The molecule has 1 saturated heterocycles. The van der Waals surface area contributed by atoms with Crippen molar-refractivity contribution in [2.45, 2.75) is 19.8 Å². The molecule has 0 radical (unpaired) electrons. The molecule has 2 N–H and O–H groups in total. The van der Waals surface area contributed by atoms with Gasteiger partial charge in [-0.2, -0.15) is 0 Å². The lowest BCUT2D eigenvalue weighted by atomic mass is 9.97. The zero-order chi connectivity index (χ0) is 15.8. The molecule has 128 valence electrons. The number of carbonyl (C=O) groups is 2. The summed E-state index contributed by atoms with van der Waals surface area (Å²) in [7, 11) is 0. The first-order chi connectivity index (χ1) is 10.7. The van der Waals surface area contributed by atoms with Gasteiger partial charge in [0.05, 0.1) is 6.54 Å². The van der Waals surface area contributed by atoms with Gasteiger partial charge in [-0.15, -0.1) is 12.4 Å². The minimum Gasteiger partial charge on any atom is -0.343 e. The summed E-state index contributed by atoms with van der Waals surface area (Å²) in [5, 5.41) is 6.06. The summed E-state index contributed by atoms with van der Waals surface area (Å²) >= 11 is 0. The molecule has 1 aliphatic heterocycles. The summed E-state index contributed by atoms with van der Waals surface area (Å²) < 4.78 is 0. The summed E-state index contributed by atoms with van der Waals surface area (Å²) in [5.74, 6) is 0.463. The lowest BCUT2D eigenvalue weighted by Gasteiger charge is -2.32.